The van der Waals surface area contributed by atoms with Crippen molar-refractivity contribution in [3.8, 4) is 0 Å². The van der Waals surface area contributed by atoms with E-state index in [1.807, 2.05) is 0 Å². The summed E-state index contributed by atoms with van der Waals surface area (Å²) in [6, 6.07) is 4.94. The van der Waals surface area contributed by atoms with Crippen LogP contribution in [0.15, 0.2) is 30.6 Å². The van der Waals surface area contributed by atoms with Crippen LogP contribution in [0.1, 0.15) is 53.5 Å². The molecule has 0 aliphatic heterocycles. The molecule has 2 saturated carbocycles. The van der Waals surface area contributed by atoms with E-state index in [9.17, 15) is 27.5 Å². The van der Waals surface area contributed by atoms with E-state index < -0.39 is 23.6 Å². The number of aliphatic hydroxyl groups is 1. The fourth-order valence-corrected chi connectivity index (χ4v) is 5.99. The first-order valence-electron chi connectivity index (χ1n) is 11.3. The summed E-state index contributed by atoms with van der Waals surface area (Å²) in [6.07, 6.45) is -1.91. The number of benzene rings is 1. The lowest BCUT2D eigenvalue weighted by molar-refractivity contribution is -0.218. The molecule has 2 unspecified atom stereocenters. The number of hydrogen-bond donors (Lipinski definition) is 3. The summed E-state index contributed by atoms with van der Waals surface area (Å²) in [6.45, 7) is 0. The zero-order chi connectivity index (χ0) is 26.0. The third-order valence-corrected chi connectivity index (χ3v) is 7.52. The fourth-order valence-electron chi connectivity index (χ4n) is 5.81. The second-order valence-electron chi connectivity index (χ2n) is 9.63. The van der Waals surface area contributed by atoms with Crippen molar-refractivity contribution in [2.45, 2.75) is 43.5 Å². The van der Waals surface area contributed by atoms with E-state index in [0.29, 0.717) is 29.9 Å². The van der Waals surface area contributed by atoms with E-state index >= 15 is 0 Å². The Bertz CT molecular complexity index is 1320. The number of anilines is 2. The minimum absolute atomic E-state index is 0.0633. The highest BCUT2D eigenvalue weighted by atomic mass is 35.5. The first kappa shape index (κ1) is 24.6. The highest BCUT2D eigenvalue weighted by Gasteiger charge is 2.53. The molecule has 1 aromatic carbocycles. The molecule has 2 aromatic heterocycles. The molecule has 0 spiro atoms. The van der Waals surface area contributed by atoms with Crippen LogP contribution in [0.4, 0.5) is 29.1 Å². The van der Waals surface area contributed by atoms with Crippen molar-refractivity contribution in [2.75, 3.05) is 11.1 Å². The zero-order valence-electron chi connectivity index (χ0n) is 19.1. The number of fused-ring (bicyclic) bond motifs is 1. The van der Waals surface area contributed by atoms with Crippen LogP contribution in [0.25, 0.3) is 0 Å². The fraction of sp³-hybridized carbons (Fsp3) is 0.435. The van der Waals surface area contributed by atoms with Crippen LogP contribution in [0.5, 0.6) is 0 Å². The van der Waals surface area contributed by atoms with Crippen LogP contribution in [0.3, 0.4) is 0 Å². The standard InChI is InChI=1S/C23H23ClF4N6O2/c1-33-10-30-19(20(33)21(35)31-14-2-3-16(25)15(24)6-14)11-4-12-8-22(36,9-13(12)5-11)17-7-18(29)32-34(17)23(26,27)28/h2-3,6-7,10-13,36H,4-5,8-9H2,1H3,(H2,29,32)(H,31,35). The normalized spacial score (nSPS) is 25.8. The SMILES string of the molecule is Cn1cnc(C2CC3CC(O)(c4cc(N)nn4C(F)(F)F)CC3C2)c1C(=O)Nc1ccc(F)c(Cl)c1. The number of amides is 1. The zero-order valence-corrected chi connectivity index (χ0v) is 19.8. The predicted molar refractivity (Wildman–Crippen MR) is 123 cm³/mol. The topological polar surface area (TPSA) is 111 Å². The number of nitrogen functional groups attached to an aromatic ring is 1. The number of rotatable bonds is 4. The van der Waals surface area contributed by atoms with E-state index in [1.54, 1.807) is 11.6 Å². The van der Waals surface area contributed by atoms with Gasteiger partial charge in [0.15, 0.2) is 0 Å². The van der Waals surface area contributed by atoms with Crippen LogP contribution in [-0.2, 0) is 18.9 Å². The molecule has 2 fully saturated rings. The molecular weight excluding hydrogens is 504 g/mol. The Morgan fingerprint density at radius 3 is 2.53 bits per heavy atom. The third-order valence-electron chi connectivity index (χ3n) is 7.23. The molecule has 4 N–H and O–H groups in total. The molecule has 0 saturated heterocycles. The van der Waals surface area contributed by atoms with Crippen molar-refractivity contribution >= 4 is 29.0 Å². The van der Waals surface area contributed by atoms with Gasteiger partial charge in [-0.25, -0.2) is 9.37 Å². The van der Waals surface area contributed by atoms with E-state index in [1.165, 1.54) is 18.5 Å². The summed E-state index contributed by atoms with van der Waals surface area (Å²) in [4.78, 5) is 17.5. The van der Waals surface area contributed by atoms with Gasteiger partial charge >= 0.3 is 6.30 Å². The second-order valence-corrected chi connectivity index (χ2v) is 10.0. The summed E-state index contributed by atoms with van der Waals surface area (Å²) in [5.74, 6) is -1.59. The van der Waals surface area contributed by atoms with Crippen LogP contribution < -0.4 is 11.1 Å². The number of alkyl halides is 3. The molecule has 13 heteroatoms. The van der Waals surface area contributed by atoms with E-state index in [-0.39, 0.29) is 51.8 Å². The molecule has 192 valence electrons. The van der Waals surface area contributed by atoms with E-state index in [4.69, 9.17) is 17.3 Å². The number of aryl methyl sites for hydroxylation is 1. The Kier molecular flexibility index (Phi) is 5.79. The molecule has 2 aliphatic rings. The van der Waals surface area contributed by atoms with Gasteiger partial charge in [-0.05, 0) is 55.7 Å². The van der Waals surface area contributed by atoms with Crippen molar-refractivity contribution in [3.63, 3.8) is 0 Å². The minimum atomic E-state index is -4.80. The smallest absolute Gasteiger partial charge is 0.384 e. The van der Waals surface area contributed by atoms with Gasteiger partial charge in [0.1, 0.15) is 22.9 Å². The van der Waals surface area contributed by atoms with Crippen LogP contribution in [0, 0.1) is 17.7 Å². The average molecular weight is 527 g/mol. The number of nitrogens with one attached hydrogen (secondary N) is 1. The lowest BCUT2D eigenvalue weighted by Gasteiger charge is -2.26. The summed E-state index contributed by atoms with van der Waals surface area (Å²) < 4.78 is 55.2. The number of carbonyl (C=O) groups is 1. The maximum atomic E-state index is 13.5. The number of nitrogens with two attached hydrogens (primary N) is 1. The van der Waals surface area contributed by atoms with Gasteiger partial charge in [-0.2, -0.15) is 4.68 Å². The summed E-state index contributed by atoms with van der Waals surface area (Å²) in [5, 5.41) is 17.1. The van der Waals surface area contributed by atoms with Crippen LogP contribution in [0.2, 0.25) is 5.02 Å². The number of carbonyl (C=O) groups excluding carboxylic acids is 1. The molecule has 3 aromatic rings. The van der Waals surface area contributed by atoms with Crippen molar-refractivity contribution in [3.05, 3.63) is 58.5 Å². The van der Waals surface area contributed by atoms with Gasteiger partial charge in [0.05, 0.1) is 22.7 Å². The largest absolute Gasteiger partial charge is 0.504 e. The average Bonchev–Trinajstić information content (AvgIpc) is 3.52. The molecule has 5 rings (SSSR count). The van der Waals surface area contributed by atoms with Gasteiger partial charge in [0.25, 0.3) is 5.91 Å². The quantitative estimate of drug-likeness (QED) is 0.433. The molecule has 2 heterocycles. The number of nitrogens with zero attached hydrogens (tertiary/aromatic N) is 4. The molecule has 0 radical (unpaired) electrons. The number of halogens is 5. The molecule has 2 atom stereocenters. The Morgan fingerprint density at radius 1 is 1.25 bits per heavy atom. The van der Waals surface area contributed by atoms with E-state index in [2.05, 4.69) is 15.4 Å². The number of hydrogen-bond acceptors (Lipinski definition) is 5. The summed E-state index contributed by atoms with van der Waals surface area (Å²) >= 11 is 5.81. The summed E-state index contributed by atoms with van der Waals surface area (Å²) in [7, 11) is 1.68. The second kappa shape index (κ2) is 8.48. The lowest BCUT2D eigenvalue weighted by atomic mass is 9.90. The van der Waals surface area contributed by atoms with Crippen molar-refractivity contribution in [2.24, 2.45) is 18.9 Å². The van der Waals surface area contributed by atoms with Gasteiger partial charge in [0, 0.05) is 24.7 Å². The molecular formula is C23H23ClF4N6O2. The Hall–Kier alpha value is -3.12. The van der Waals surface area contributed by atoms with E-state index in [0.717, 1.165) is 12.1 Å². The van der Waals surface area contributed by atoms with Crippen molar-refractivity contribution < 1.29 is 27.5 Å². The van der Waals surface area contributed by atoms with Crippen molar-refractivity contribution in [1.82, 2.24) is 19.3 Å². The first-order chi connectivity index (χ1) is 16.9. The van der Waals surface area contributed by atoms with Crippen molar-refractivity contribution in [1.29, 1.82) is 0 Å². The Morgan fingerprint density at radius 2 is 1.92 bits per heavy atom. The Labute approximate surface area is 208 Å². The molecule has 36 heavy (non-hydrogen) atoms. The molecule has 1 amide bonds. The lowest BCUT2D eigenvalue weighted by Crippen LogP contribution is -2.32. The summed E-state index contributed by atoms with van der Waals surface area (Å²) in [5.41, 5.74) is 4.70. The van der Waals surface area contributed by atoms with Gasteiger partial charge < -0.3 is 20.7 Å². The Balaban J connectivity index is 1.34. The molecule has 2 aliphatic carbocycles. The van der Waals surface area contributed by atoms with Gasteiger partial charge in [-0.15, -0.1) is 18.3 Å². The van der Waals surface area contributed by atoms with Gasteiger partial charge in [-0.1, -0.05) is 11.6 Å². The third kappa shape index (κ3) is 4.21. The maximum Gasteiger partial charge on any atom is 0.504 e. The van der Waals surface area contributed by atoms with Crippen LogP contribution >= 0.6 is 11.6 Å². The molecule has 0 bridgehead atoms. The predicted octanol–water partition coefficient (Wildman–Crippen LogP) is 4.51. The van der Waals surface area contributed by atoms with Gasteiger partial charge in [0.2, 0.25) is 0 Å². The highest BCUT2D eigenvalue weighted by molar-refractivity contribution is 6.31. The monoisotopic (exact) mass is 526 g/mol. The molecule has 8 nitrogen and oxygen atoms in total. The van der Waals surface area contributed by atoms with Gasteiger partial charge in [-0.3, -0.25) is 4.79 Å². The van der Waals surface area contributed by atoms with Crippen LogP contribution in [-0.4, -0.2) is 30.3 Å². The minimum Gasteiger partial charge on any atom is -0.384 e. The highest BCUT2D eigenvalue weighted by Crippen LogP contribution is 2.57. The number of imidazole rings is 1. The number of aromatic nitrogens is 4. The maximum absolute atomic E-state index is 13.5. The first-order valence-corrected chi connectivity index (χ1v) is 11.7.